The molecule has 0 aliphatic carbocycles. The van der Waals surface area contributed by atoms with E-state index in [1.165, 1.54) is 6.07 Å². The normalized spacial score (nSPS) is 16.3. The first kappa shape index (κ1) is 19.0. The minimum absolute atomic E-state index is 0.0782. The van der Waals surface area contributed by atoms with E-state index in [9.17, 15) is 9.18 Å². The molecule has 8 heteroatoms. The second-order valence-corrected chi connectivity index (χ2v) is 8.56. The van der Waals surface area contributed by atoms with Gasteiger partial charge in [0.05, 0.1) is 21.1 Å². The Balaban J connectivity index is 1.51. The molecule has 1 aliphatic rings. The summed E-state index contributed by atoms with van der Waals surface area (Å²) in [4.78, 5) is 17.5. The molecule has 142 valence electrons. The highest BCUT2D eigenvalue weighted by atomic mass is 79.9. The molecular formula is C19H17BrCl2FN3O. The maximum Gasteiger partial charge on any atom is 0.326 e. The van der Waals surface area contributed by atoms with E-state index in [4.69, 9.17) is 23.2 Å². The summed E-state index contributed by atoms with van der Waals surface area (Å²) in [6, 6.07) is 8.65. The fraction of sp³-hybridized carbons (Fsp3) is 0.316. The third-order valence-electron chi connectivity index (χ3n) is 5.09. The summed E-state index contributed by atoms with van der Waals surface area (Å²) in [6.45, 7) is 2.15. The quantitative estimate of drug-likeness (QED) is 0.556. The van der Waals surface area contributed by atoms with Gasteiger partial charge in [0, 0.05) is 35.7 Å². The van der Waals surface area contributed by atoms with Gasteiger partial charge in [-0.1, -0.05) is 45.2 Å². The molecule has 1 aromatic heterocycles. The van der Waals surface area contributed by atoms with Crippen molar-refractivity contribution in [3.63, 3.8) is 0 Å². The maximum atomic E-state index is 14.1. The Hall–Kier alpha value is -1.34. The zero-order valence-electron chi connectivity index (χ0n) is 14.3. The van der Waals surface area contributed by atoms with Crippen LogP contribution >= 0.6 is 39.1 Å². The highest BCUT2D eigenvalue weighted by Gasteiger charge is 2.24. The highest BCUT2D eigenvalue weighted by Crippen LogP contribution is 2.30. The highest BCUT2D eigenvalue weighted by molar-refractivity contribution is 9.10. The summed E-state index contributed by atoms with van der Waals surface area (Å²) in [5, 5.41) is 0.851. The van der Waals surface area contributed by atoms with E-state index in [0.717, 1.165) is 35.9 Å². The number of nitrogens with one attached hydrogen (secondary N) is 1. The van der Waals surface area contributed by atoms with Crippen LogP contribution in [0, 0.1) is 5.82 Å². The predicted octanol–water partition coefficient (Wildman–Crippen LogP) is 5.38. The third kappa shape index (κ3) is 3.81. The smallest absolute Gasteiger partial charge is 0.305 e. The van der Waals surface area contributed by atoms with Gasteiger partial charge in [-0.2, -0.15) is 0 Å². The minimum Gasteiger partial charge on any atom is -0.305 e. The number of benzene rings is 2. The van der Waals surface area contributed by atoms with Crippen molar-refractivity contribution in [3.05, 3.63) is 66.7 Å². The molecule has 1 saturated heterocycles. The zero-order valence-corrected chi connectivity index (χ0v) is 17.4. The number of hydrogen-bond donors (Lipinski definition) is 1. The Morgan fingerprint density at radius 2 is 1.85 bits per heavy atom. The van der Waals surface area contributed by atoms with E-state index in [-0.39, 0.29) is 17.5 Å². The second-order valence-electron chi connectivity index (χ2n) is 6.83. The van der Waals surface area contributed by atoms with Crippen LogP contribution in [0.4, 0.5) is 4.39 Å². The Labute approximate surface area is 174 Å². The summed E-state index contributed by atoms with van der Waals surface area (Å²) in [5.74, 6) is -0.203. The number of fused-ring (bicyclic) bond motifs is 1. The number of H-pyrrole nitrogens is 1. The number of halogens is 4. The second kappa shape index (κ2) is 7.59. The van der Waals surface area contributed by atoms with Crippen LogP contribution in [0.15, 0.2) is 39.6 Å². The number of likely N-dealkylation sites (tertiary alicyclic amines) is 1. The molecule has 4 nitrogen and oxygen atoms in total. The van der Waals surface area contributed by atoms with Gasteiger partial charge in [0.2, 0.25) is 0 Å². The van der Waals surface area contributed by atoms with Crippen molar-refractivity contribution in [2.75, 3.05) is 13.1 Å². The summed E-state index contributed by atoms with van der Waals surface area (Å²) in [6.07, 6.45) is 1.62. The monoisotopic (exact) mass is 471 g/mol. The van der Waals surface area contributed by atoms with Gasteiger partial charge in [-0.25, -0.2) is 9.18 Å². The Kier molecular flexibility index (Phi) is 5.34. The van der Waals surface area contributed by atoms with E-state index in [1.54, 1.807) is 22.8 Å². The molecule has 27 heavy (non-hydrogen) atoms. The van der Waals surface area contributed by atoms with Crippen LogP contribution in [-0.4, -0.2) is 27.5 Å². The summed E-state index contributed by atoms with van der Waals surface area (Å²) >= 11 is 15.5. The van der Waals surface area contributed by atoms with Crippen molar-refractivity contribution in [2.45, 2.75) is 25.4 Å². The van der Waals surface area contributed by atoms with E-state index in [1.807, 2.05) is 6.07 Å². The van der Waals surface area contributed by atoms with Crippen LogP contribution in [0.1, 0.15) is 24.4 Å². The van der Waals surface area contributed by atoms with Crippen LogP contribution in [0.2, 0.25) is 10.0 Å². The number of imidazole rings is 1. The van der Waals surface area contributed by atoms with Gasteiger partial charge in [0.15, 0.2) is 0 Å². The predicted molar refractivity (Wildman–Crippen MR) is 110 cm³/mol. The van der Waals surface area contributed by atoms with Gasteiger partial charge < -0.3 is 4.98 Å². The lowest BCUT2D eigenvalue weighted by atomic mass is 10.0. The summed E-state index contributed by atoms with van der Waals surface area (Å²) in [7, 11) is 0. The molecule has 0 saturated carbocycles. The lowest BCUT2D eigenvalue weighted by molar-refractivity contribution is 0.178. The first-order valence-electron chi connectivity index (χ1n) is 8.68. The standard InChI is InChI=1S/C19H17BrCl2FN3O/c20-12-2-1-11(16(23)7-12)10-25-5-3-13(4-6-25)26-18-9-15(22)14(21)8-17(18)24-19(26)27/h1-2,7-9,13H,3-6,10H2,(H,24,27). The van der Waals surface area contributed by atoms with E-state index in [0.29, 0.717) is 27.7 Å². The molecular weight excluding hydrogens is 456 g/mol. The van der Waals surface area contributed by atoms with Crippen LogP contribution in [0.25, 0.3) is 11.0 Å². The average molecular weight is 473 g/mol. The van der Waals surface area contributed by atoms with Crippen molar-refractivity contribution >= 4 is 50.2 Å². The molecule has 1 fully saturated rings. The van der Waals surface area contributed by atoms with Crippen molar-refractivity contribution in [2.24, 2.45) is 0 Å². The van der Waals surface area contributed by atoms with Gasteiger partial charge in [0.25, 0.3) is 0 Å². The topological polar surface area (TPSA) is 41.0 Å². The van der Waals surface area contributed by atoms with Crippen molar-refractivity contribution in [3.8, 4) is 0 Å². The van der Waals surface area contributed by atoms with Crippen molar-refractivity contribution in [1.29, 1.82) is 0 Å². The van der Waals surface area contributed by atoms with E-state index >= 15 is 0 Å². The van der Waals surface area contributed by atoms with Crippen molar-refractivity contribution < 1.29 is 4.39 Å². The number of hydrogen-bond acceptors (Lipinski definition) is 2. The fourth-order valence-electron chi connectivity index (χ4n) is 3.71. The van der Waals surface area contributed by atoms with Crippen LogP contribution < -0.4 is 5.69 Å². The van der Waals surface area contributed by atoms with Crippen LogP contribution in [0.3, 0.4) is 0 Å². The third-order valence-corrected chi connectivity index (χ3v) is 6.31. The molecule has 1 aliphatic heterocycles. The molecule has 0 atom stereocenters. The number of nitrogens with zero attached hydrogens (tertiary/aromatic N) is 2. The molecule has 0 bridgehead atoms. The molecule has 2 aromatic carbocycles. The lowest BCUT2D eigenvalue weighted by Gasteiger charge is -2.32. The van der Waals surface area contributed by atoms with Gasteiger partial charge in [-0.15, -0.1) is 0 Å². The van der Waals surface area contributed by atoms with Gasteiger partial charge in [-0.05, 0) is 37.1 Å². The molecule has 4 rings (SSSR count). The molecule has 2 heterocycles. The van der Waals surface area contributed by atoms with Gasteiger partial charge in [0.1, 0.15) is 5.82 Å². The summed E-state index contributed by atoms with van der Waals surface area (Å²) < 4.78 is 16.6. The fourth-order valence-corrected chi connectivity index (χ4v) is 4.36. The number of aromatic nitrogens is 2. The zero-order chi connectivity index (χ0) is 19.1. The molecule has 0 radical (unpaired) electrons. The Morgan fingerprint density at radius 1 is 1.15 bits per heavy atom. The van der Waals surface area contributed by atoms with E-state index < -0.39 is 0 Å². The number of rotatable bonds is 3. The van der Waals surface area contributed by atoms with Gasteiger partial charge >= 0.3 is 5.69 Å². The molecule has 1 N–H and O–H groups in total. The first-order chi connectivity index (χ1) is 12.9. The first-order valence-corrected chi connectivity index (χ1v) is 10.2. The summed E-state index contributed by atoms with van der Waals surface area (Å²) in [5.41, 5.74) is 1.99. The number of piperidine rings is 1. The Bertz CT molecular complexity index is 1060. The minimum atomic E-state index is -0.203. The van der Waals surface area contributed by atoms with Gasteiger partial charge in [-0.3, -0.25) is 9.47 Å². The number of aromatic amines is 1. The lowest BCUT2D eigenvalue weighted by Crippen LogP contribution is -2.36. The van der Waals surface area contributed by atoms with Crippen LogP contribution in [-0.2, 0) is 6.54 Å². The average Bonchev–Trinajstić information content (AvgIpc) is 2.93. The maximum absolute atomic E-state index is 14.1. The van der Waals surface area contributed by atoms with Crippen LogP contribution in [0.5, 0.6) is 0 Å². The van der Waals surface area contributed by atoms with E-state index in [2.05, 4.69) is 25.8 Å². The largest absolute Gasteiger partial charge is 0.326 e. The molecule has 0 amide bonds. The SMILES string of the molecule is O=c1[nH]c2cc(Cl)c(Cl)cc2n1C1CCN(Cc2ccc(Br)cc2F)CC1. The van der Waals surface area contributed by atoms with Crippen molar-refractivity contribution in [1.82, 2.24) is 14.5 Å². The molecule has 0 spiro atoms. The molecule has 0 unspecified atom stereocenters. The Morgan fingerprint density at radius 3 is 2.56 bits per heavy atom. The molecule has 3 aromatic rings.